The predicted octanol–water partition coefficient (Wildman–Crippen LogP) is 4.76. The summed E-state index contributed by atoms with van der Waals surface area (Å²) in [7, 11) is 0. The standard InChI is InChI=1S/C25H25N5O2S/c31-25-22-10-9-20(33-21-14-27-29(16-21)24-6-1-2-11-32-24)12-18(22)13-26-30(25)15-19-4-3-5-23(28-19)17-7-8-17/h3-5,9-10,12-14,16-17,24H,1-2,6-8,11,15H2. The van der Waals surface area contributed by atoms with Crippen LogP contribution >= 0.6 is 11.8 Å². The molecule has 1 aliphatic heterocycles. The SMILES string of the molecule is O=c1c2ccc(Sc3cnn(C4CCCCO4)c3)cc2cnn1Cc1cccc(C2CC2)n1. The van der Waals surface area contributed by atoms with E-state index in [0.717, 1.165) is 46.0 Å². The summed E-state index contributed by atoms with van der Waals surface area (Å²) < 4.78 is 9.23. The van der Waals surface area contributed by atoms with Crippen LogP contribution in [0.2, 0.25) is 0 Å². The molecule has 0 spiro atoms. The van der Waals surface area contributed by atoms with Gasteiger partial charge in [-0.1, -0.05) is 17.8 Å². The van der Waals surface area contributed by atoms with Gasteiger partial charge in [-0.15, -0.1) is 0 Å². The lowest BCUT2D eigenvalue weighted by molar-refractivity contribution is -0.0396. The van der Waals surface area contributed by atoms with Crippen molar-refractivity contribution in [3.63, 3.8) is 0 Å². The molecule has 6 rings (SSSR count). The fraction of sp³-hybridized carbons (Fsp3) is 0.360. The van der Waals surface area contributed by atoms with Gasteiger partial charge in [0.25, 0.3) is 5.56 Å². The Bertz CT molecular complexity index is 1350. The molecule has 33 heavy (non-hydrogen) atoms. The van der Waals surface area contributed by atoms with Crippen molar-refractivity contribution in [3.8, 4) is 0 Å². The summed E-state index contributed by atoms with van der Waals surface area (Å²) in [6.45, 7) is 1.18. The summed E-state index contributed by atoms with van der Waals surface area (Å²) in [6.07, 6.45) is 11.4. The smallest absolute Gasteiger partial charge is 0.274 e. The number of hydrogen-bond acceptors (Lipinski definition) is 6. The van der Waals surface area contributed by atoms with Crippen LogP contribution in [0, 0.1) is 0 Å². The number of pyridine rings is 1. The number of rotatable bonds is 6. The van der Waals surface area contributed by atoms with E-state index >= 15 is 0 Å². The van der Waals surface area contributed by atoms with Gasteiger partial charge in [0.05, 0.1) is 34.9 Å². The molecule has 0 radical (unpaired) electrons. The van der Waals surface area contributed by atoms with Crippen molar-refractivity contribution in [1.29, 1.82) is 0 Å². The molecule has 0 N–H and O–H groups in total. The van der Waals surface area contributed by atoms with Crippen LogP contribution in [0.1, 0.15) is 55.6 Å². The van der Waals surface area contributed by atoms with E-state index in [4.69, 9.17) is 9.72 Å². The zero-order valence-corrected chi connectivity index (χ0v) is 19.1. The van der Waals surface area contributed by atoms with Crippen molar-refractivity contribution in [3.05, 3.63) is 76.7 Å². The largest absolute Gasteiger partial charge is 0.357 e. The van der Waals surface area contributed by atoms with E-state index in [0.29, 0.717) is 17.8 Å². The van der Waals surface area contributed by atoms with E-state index in [1.807, 2.05) is 47.4 Å². The van der Waals surface area contributed by atoms with E-state index in [1.54, 1.807) is 18.0 Å². The molecule has 4 heterocycles. The molecule has 0 amide bonds. The lowest BCUT2D eigenvalue weighted by Crippen LogP contribution is -2.23. The molecule has 4 aromatic rings. The lowest BCUT2D eigenvalue weighted by atomic mass is 10.2. The maximum Gasteiger partial charge on any atom is 0.274 e. The highest BCUT2D eigenvalue weighted by atomic mass is 32.2. The van der Waals surface area contributed by atoms with E-state index in [2.05, 4.69) is 16.3 Å². The maximum atomic E-state index is 13.1. The molecule has 8 heteroatoms. The van der Waals surface area contributed by atoms with Crippen molar-refractivity contribution < 1.29 is 4.74 Å². The second-order valence-corrected chi connectivity index (χ2v) is 9.91. The normalized spacial score (nSPS) is 18.6. The first-order valence-electron chi connectivity index (χ1n) is 11.5. The van der Waals surface area contributed by atoms with Gasteiger partial charge in [-0.05, 0) is 62.4 Å². The number of hydrogen-bond donors (Lipinski definition) is 0. The molecular formula is C25H25N5O2S. The predicted molar refractivity (Wildman–Crippen MR) is 127 cm³/mol. The molecule has 2 aliphatic rings. The fourth-order valence-corrected chi connectivity index (χ4v) is 5.14. The van der Waals surface area contributed by atoms with Crippen molar-refractivity contribution >= 4 is 22.5 Å². The lowest BCUT2D eigenvalue weighted by Gasteiger charge is -2.22. The number of nitrogens with zero attached hydrogens (tertiary/aromatic N) is 5. The van der Waals surface area contributed by atoms with Crippen LogP contribution in [-0.4, -0.2) is 31.2 Å². The fourth-order valence-electron chi connectivity index (χ4n) is 4.29. The highest BCUT2D eigenvalue weighted by Crippen LogP contribution is 2.38. The van der Waals surface area contributed by atoms with Gasteiger partial charge >= 0.3 is 0 Å². The van der Waals surface area contributed by atoms with Gasteiger partial charge in [-0.2, -0.15) is 10.2 Å². The Kier molecular flexibility index (Phi) is 5.47. The van der Waals surface area contributed by atoms with E-state index in [9.17, 15) is 4.79 Å². The molecular weight excluding hydrogens is 434 g/mol. The summed E-state index contributed by atoms with van der Waals surface area (Å²) in [4.78, 5) is 19.9. The van der Waals surface area contributed by atoms with Gasteiger partial charge in [0.15, 0.2) is 0 Å². The second-order valence-electron chi connectivity index (χ2n) is 8.76. The molecule has 3 aromatic heterocycles. The van der Waals surface area contributed by atoms with Crippen LogP contribution in [0.25, 0.3) is 10.8 Å². The molecule has 1 atom stereocenters. The van der Waals surface area contributed by atoms with Crippen molar-refractivity contribution in [2.75, 3.05) is 6.61 Å². The Morgan fingerprint density at radius 1 is 1.03 bits per heavy atom. The first-order chi connectivity index (χ1) is 16.2. The number of benzene rings is 1. The van der Waals surface area contributed by atoms with Crippen molar-refractivity contribution in [2.24, 2.45) is 0 Å². The van der Waals surface area contributed by atoms with E-state index in [1.165, 1.54) is 23.9 Å². The molecule has 1 saturated heterocycles. The topological polar surface area (TPSA) is 74.8 Å². The molecule has 1 aliphatic carbocycles. The number of aromatic nitrogens is 5. The zero-order chi connectivity index (χ0) is 22.2. The molecule has 2 fully saturated rings. The van der Waals surface area contributed by atoms with Gasteiger partial charge < -0.3 is 4.74 Å². The highest BCUT2D eigenvalue weighted by Gasteiger charge is 2.25. The van der Waals surface area contributed by atoms with Crippen LogP contribution < -0.4 is 5.56 Å². The minimum atomic E-state index is -0.0926. The Labute approximate surface area is 195 Å². The van der Waals surface area contributed by atoms with Gasteiger partial charge in [0.1, 0.15) is 6.23 Å². The molecule has 1 saturated carbocycles. The Balaban J connectivity index is 1.21. The van der Waals surface area contributed by atoms with Gasteiger partial charge in [-0.3, -0.25) is 9.78 Å². The van der Waals surface area contributed by atoms with Crippen LogP contribution in [0.5, 0.6) is 0 Å². The third kappa shape index (κ3) is 4.45. The third-order valence-electron chi connectivity index (χ3n) is 6.22. The minimum absolute atomic E-state index is 0.0341. The highest BCUT2D eigenvalue weighted by molar-refractivity contribution is 7.99. The first-order valence-corrected chi connectivity index (χ1v) is 12.3. The quantitative estimate of drug-likeness (QED) is 0.414. The second kappa shape index (κ2) is 8.76. The van der Waals surface area contributed by atoms with Crippen LogP contribution in [-0.2, 0) is 11.3 Å². The number of ether oxygens (including phenoxy) is 1. The number of fused-ring (bicyclic) bond motifs is 1. The molecule has 0 bridgehead atoms. The zero-order valence-electron chi connectivity index (χ0n) is 18.3. The average molecular weight is 460 g/mol. The summed E-state index contributed by atoms with van der Waals surface area (Å²) in [5.74, 6) is 0.587. The Hall–Kier alpha value is -2.97. The first kappa shape index (κ1) is 20.6. The van der Waals surface area contributed by atoms with Gasteiger partial charge in [0, 0.05) is 34.7 Å². The summed E-state index contributed by atoms with van der Waals surface area (Å²) in [5, 5.41) is 10.4. The molecule has 1 aromatic carbocycles. The van der Waals surface area contributed by atoms with E-state index in [-0.39, 0.29) is 11.8 Å². The molecule has 1 unspecified atom stereocenters. The minimum Gasteiger partial charge on any atom is -0.357 e. The Morgan fingerprint density at radius 3 is 2.82 bits per heavy atom. The van der Waals surface area contributed by atoms with Crippen molar-refractivity contribution in [2.45, 2.75) is 60.6 Å². The van der Waals surface area contributed by atoms with Crippen LogP contribution in [0.15, 0.2) is 69.6 Å². The summed E-state index contributed by atoms with van der Waals surface area (Å²) >= 11 is 1.62. The third-order valence-corrected chi connectivity index (χ3v) is 7.16. The average Bonchev–Trinajstić information content (AvgIpc) is 3.61. The maximum absolute atomic E-state index is 13.1. The summed E-state index contributed by atoms with van der Waals surface area (Å²) in [5.41, 5.74) is 1.91. The Morgan fingerprint density at radius 2 is 1.97 bits per heavy atom. The van der Waals surface area contributed by atoms with Gasteiger partial charge in [0.2, 0.25) is 0 Å². The molecule has 7 nitrogen and oxygen atoms in total. The van der Waals surface area contributed by atoms with Crippen LogP contribution in [0.4, 0.5) is 0 Å². The van der Waals surface area contributed by atoms with Crippen LogP contribution in [0.3, 0.4) is 0 Å². The monoisotopic (exact) mass is 459 g/mol. The molecule has 168 valence electrons. The van der Waals surface area contributed by atoms with E-state index < -0.39 is 0 Å². The van der Waals surface area contributed by atoms with Crippen molar-refractivity contribution in [1.82, 2.24) is 24.5 Å². The van der Waals surface area contributed by atoms with Gasteiger partial charge in [-0.25, -0.2) is 9.36 Å². The summed E-state index contributed by atoms with van der Waals surface area (Å²) in [6, 6.07) is 11.9.